The van der Waals surface area contributed by atoms with E-state index >= 15 is 0 Å². The molecule has 0 aliphatic heterocycles. The van der Waals surface area contributed by atoms with Crippen LogP contribution in [0.1, 0.15) is 23.7 Å². The monoisotopic (exact) mass is 259 g/mol. The number of carboxylic acids is 1. The smallest absolute Gasteiger partial charge is 0.305 e. The number of halogens is 2. The minimum absolute atomic E-state index is 0.0103. The second-order valence-electron chi connectivity index (χ2n) is 3.57. The quantitative estimate of drug-likeness (QED) is 0.870. The fraction of sp³-hybridized carbons (Fsp3) is 0.273. The van der Waals surface area contributed by atoms with E-state index in [4.69, 9.17) is 16.7 Å². The number of carbonyl (C=O) groups excluding carboxylic acids is 1. The van der Waals surface area contributed by atoms with Gasteiger partial charge in [-0.2, -0.15) is 0 Å². The molecule has 4 nitrogen and oxygen atoms in total. The van der Waals surface area contributed by atoms with E-state index in [0.717, 1.165) is 6.07 Å². The van der Waals surface area contributed by atoms with Crippen LogP contribution in [-0.2, 0) is 4.79 Å². The number of nitrogens with one attached hydrogen (secondary N) is 1. The van der Waals surface area contributed by atoms with Crippen LogP contribution in [0.15, 0.2) is 18.2 Å². The molecule has 0 bridgehead atoms. The molecule has 92 valence electrons. The molecule has 0 radical (unpaired) electrons. The van der Waals surface area contributed by atoms with Crippen LogP contribution in [0.3, 0.4) is 0 Å². The number of aliphatic carboxylic acids is 1. The summed E-state index contributed by atoms with van der Waals surface area (Å²) in [6.07, 6.45) is -0.210. The van der Waals surface area contributed by atoms with Gasteiger partial charge in [0.25, 0.3) is 5.91 Å². The first-order chi connectivity index (χ1) is 7.91. The highest BCUT2D eigenvalue weighted by Crippen LogP contribution is 2.19. The van der Waals surface area contributed by atoms with Gasteiger partial charge in [-0.15, -0.1) is 0 Å². The molecule has 1 aromatic carbocycles. The van der Waals surface area contributed by atoms with E-state index in [9.17, 15) is 14.0 Å². The number of benzene rings is 1. The summed E-state index contributed by atoms with van der Waals surface area (Å²) >= 11 is 5.63. The molecule has 0 fully saturated rings. The summed E-state index contributed by atoms with van der Waals surface area (Å²) in [7, 11) is 0. The van der Waals surface area contributed by atoms with Crippen LogP contribution in [0.2, 0.25) is 5.02 Å². The van der Waals surface area contributed by atoms with Crippen LogP contribution in [0.5, 0.6) is 0 Å². The summed E-state index contributed by atoms with van der Waals surface area (Å²) in [6.45, 7) is 1.54. The third kappa shape index (κ3) is 3.71. The molecular formula is C11H11ClFNO3. The Bertz CT molecular complexity index is 450. The topological polar surface area (TPSA) is 66.4 Å². The third-order valence-corrected chi connectivity index (χ3v) is 2.44. The molecule has 0 aromatic heterocycles. The molecule has 1 atom stereocenters. The SMILES string of the molecule is CC(CC(=O)O)NC(=O)c1cccc(F)c1Cl. The number of hydrogen-bond donors (Lipinski definition) is 2. The summed E-state index contributed by atoms with van der Waals surface area (Å²) in [5.41, 5.74) is -0.0103. The Morgan fingerprint density at radius 2 is 2.18 bits per heavy atom. The Kier molecular flexibility index (Phi) is 4.45. The van der Waals surface area contributed by atoms with E-state index < -0.39 is 23.7 Å². The van der Waals surface area contributed by atoms with Crippen LogP contribution in [0.4, 0.5) is 4.39 Å². The molecule has 1 aromatic rings. The highest BCUT2D eigenvalue weighted by atomic mass is 35.5. The molecule has 6 heteroatoms. The van der Waals surface area contributed by atoms with Gasteiger partial charge < -0.3 is 10.4 Å². The minimum atomic E-state index is -1.02. The zero-order valence-corrected chi connectivity index (χ0v) is 9.79. The van der Waals surface area contributed by atoms with Gasteiger partial charge >= 0.3 is 5.97 Å². The standard InChI is InChI=1S/C11H11ClFNO3/c1-6(5-9(15)16)14-11(17)7-3-2-4-8(13)10(7)12/h2-4,6H,5H2,1H3,(H,14,17)(H,15,16). The van der Waals surface area contributed by atoms with E-state index in [1.165, 1.54) is 12.1 Å². The van der Waals surface area contributed by atoms with Gasteiger partial charge in [0.05, 0.1) is 17.0 Å². The van der Waals surface area contributed by atoms with Crippen LogP contribution < -0.4 is 5.32 Å². The minimum Gasteiger partial charge on any atom is -0.481 e. The van der Waals surface area contributed by atoms with Crippen LogP contribution in [0, 0.1) is 5.82 Å². The van der Waals surface area contributed by atoms with Crippen molar-refractivity contribution in [3.8, 4) is 0 Å². The van der Waals surface area contributed by atoms with Gasteiger partial charge in [-0.25, -0.2) is 4.39 Å². The maximum Gasteiger partial charge on any atom is 0.305 e. The van der Waals surface area contributed by atoms with Crippen molar-refractivity contribution >= 4 is 23.5 Å². The highest BCUT2D eigenvalue weighted by Gasteiger charge is 2.16. The molecule has 0 aliphatic carbocycles. The van der Waals surface area contributed by atoms with Gasteiger partial charge in [0.15, 0.2) is 0 Å². The molecule has 1 unspecified atom stereocenters. The Labute approximate surface area is 102 Å². The molecule has 0 saturated heterocycles. The summed E-state index contributed by atoms with van der Waals surface area (Å²) in [5, 5.41) is 10.7. The van der Waals surface area contributed by atoms with Crippen molar-refractivity contribution in [1.82, 2.24) is 5.32 Å². The maximum absolute atomic E-state index is 13.1. The van der Waals surface area contributed by atoms with Crippen molar-refractivity contribution in [3.63, 3.8) is 0 Å². The van der Waals surface area contributed by atoms with Crippen LogP contribution >= 0.6 is 11.6 Å². The van der Waals surface area contributed by atoms with E-state index in [-0.39, 0.29) is 17.0 Å². The highest BCUT2D eigenvalue weighted by molar-refractivity contribution is 6.34. The van der Waals surface area contributed by atoms with Crippen LogP contribution in [0.25, 0.3) is 0 Å². The van der Waals surface area contributed by atoms with Gasteiger partial charge in [0.1, 0.15) is 5.82 Å². The molecule has 1 rings (SSSR count). The Morgan fingerprint density at radius 3 is 2.76 bits per heavy atom. The average molecular weight is 260 g/mol. The van der Waals surface area contributed by atoms with Gasteiger partial charge in [-0.1, -0.05) is 17.7 Å². The molecule has 0 saturated carbocycles. The van der Waals surface area contributed by atoms with Gasteiger partial charge in [0.2, 0.25) is 0 Å². The van der Waals surface area contributed by atoms with E-state index in [1.54, 1.807) is 6.92 Å². The molecule has 2 N–H and O–H groups in total. The zero-order chi connectivity index (χ0) is 13.0. The lowest BCUT2D eigenvalue weighted by Crippen LogP contribution is -2.34. The summed E-state index contributed by atoms with van der Waals surface area (Å²) in [5.74, 6) is -2.31. The maximum atomic E-state index is 13.1. The van der Waals surface area contributed by atoms with Crippen molar-refractivity contribution < 1.29 is 19.1 Å². The number of hydrogen-bond acceptors (Lipinski definition) is 2. The fourth-order valence-corrected chi connectivity index (χ4v) is 1.51. The molecule has 1 amide bonds. The Balaban J connectivity index is 2.77. The van der Waals surface area contributed by atoms with Gasteiger partial charge in [-0.3, -0.25) is 9.59 Å². The molecule has 0 heterocycles. The predicted octanol–water partition coefficient (Wildman–Crippen LogP) is 2.07. The first-order valence-corrected chi connectivity index (χ1v) is 5.26. The normalized spacial score (nSPS) is 11.9. The third-order valence-electron chi connectivity index (χ3n) is 2.05. The van der Waals surface area contributed by atoms with Crippen LogP contribution in [-0.4, -0.2) is 23.0 Å². The summed E-state index contributed by atoms with van der Waals surface area (Å²) in [6, 6.07) is 3.31. The fourth-order valence-electron chi connectivity index (χ4n) is 1.29. The molecule has 0 aliphatic rings. The van der Waals surface area contributed by atoms with E-state index in [0.29, 0.717) is 0 Å². The number of carboxylic acid groups (broad SMARTS) is 1. The molecule has 17 heavy (non-hydrogen) atoms. The lowest BCUT2D eigenvalue weighted by Gasteiger charge is -2.12. The molecular weight excluding hydrogens is 249 g/mol. The van der Waals surface area contributed by atoms with Crippen molar-refractivity contribution in [3.05, 3.63) is 34.6 Å². The Morgan fingerprint density at radius 1 is 1.53 bits per heavy atom. The zero-order valence-electron chi connectivity index (χ0n) is 9.04. The molecule has 0 spiro atoms. The van der Waals surface area contributed by atoms with Gasteiger partial charge in [-0.05, 0) is 19.1 Å². The van der Waals surface area contributed by atoms with Gasteiger partial charge in [0, 0.05) is 6.04 Å². The second-order valence-corrected chi connectivity index (χ2v) is 3.95. The summed E-state index contributed by atoms with van der Waals surface area (Å²) < 4.78 is 13.1. The first-order valence-electron chi connectivity index (χ1n) is 4.88. The van der Waals surface area contributed by atoms with E-state index in [1.807, 2.05) is 0 Å². The largest absolute Gasteiger partial charge is 0.481 e. The van der Waals surface area contributed by atoms with E-state index in [2.05, 4.69) is 5.32 Å². The van der Waals surface area contributed by atoms with Crippen molar-refractivity contribution in [2.45, 2.75) is 19.4 Å². The number of amides is 1. The van der Waals surface area contributed by atoms with Crippen molar-refractivity contribution in [2.75, 3.05) is 0 Å². The van der Waals surface area contributed by atoms with Crippen molar-refractivity contribution in [1.29, 1.82) is 0 Å². The Hall–Kier alpha value is -1.62. The number of carbonyl (C=O) groups is 2. The number of rotatable bonds is 4. The lowest BCUT2D eigenvalue weighted by atomic mass is 10.1. The lowest BCUT2D eigenvalue weighted by molar-refractivity contribution is -0.137. The summed E-state index contributed by atoms with van der Waals surface area (Å²) in [4.78, 5) is 22.1. The predicted molar refractivity (Wildman–Crippen MR) is 60.6 cm³/mol. The average Bonchev–Trinajstić information content (AvgIpc) is 2.20. The first kappa shape index (κ1) is 13.4. The van der Waals surface area contributed by atoms with Crippen molar-refractivity contribution in [2.24, 2.45) is 0 Å². The second kappa shape index (κ2) is 5.63.